The number of aromatic nitrogens is 2. The molecule has 5 nitrogen and oxygen atoms in total. The van der Waals surface area contributed by atoms with Gasteiger partial charge in [-0.25, -0.2) is 13.5 Å². The fourth-order valence-electron chi connectivity index (χ4n) is 4.83. The molecular weight excluding hydrogens is 352 g/mol. The molecule has 1 N–H and O–H groups in total. The van der Waals surface area contributed by atoms with Gasteiger partial charge in [0.1, 0.15) is 11.5 Å². The topological polar surface area (TPSA) is 56.1 Å². The highest BCUT2D eigenvalue weighted by Crippen LogP contribution is 2.54. The summed E-state index contributed by atoms with van der Waals surface area (Å²) in [7, 11) is 0. The van der Waals surface area contributed by atoms with Crippen LogP contribution in [0.15, 0.2) is 18.2 Å². The van der Waals surface area contributed by atoms with Crippen molar-refractivity contribution in [2.45, 2.75) is 50.0 Å². The van der Waals surface area contributed by atoms with Crippen molar-refractivity contribution in [2.75, 3.05) is 13.2 Å². The summed E-state index contributed by atoms with van der Waals surface area (Å²) in [6, 6.07) is 3.46. The highest BCUT2D eigenvalue weighted by molar-refractivity contribution is 5.94. The largest absolute Gasteiger partial charge is 0.376 e. The molecule has 1 amide bonds. The summed E-state index contributed by atoms with van der Waals surface area (Å²) in [4.78, 5) is 12.8. The lowest BCUT2D eigenvalue weighted by Gasteiger charge is -2.14. The SMILES string of the molecule is O=C(NCC1CCCO1)c1nn(-c2ccc(F)cc2F)c2c1C1CCC2C1. The second kappa shape index (κ2) is 6.41. The van der Waals surface area contributed by atoms with Crippen molar-refractivity contribution in [3.63, 3.8) is 0 Å². The average Bonchev–Trinajstić information content (AvgIpc) is 3.41. The van der Waals surface area contributed by atoms with Crippen molar-refractivity contribution in [1.82, 2.24) is 15.1 Å². The quantitative estimate of drug-likeness (QED) is 0.893. The molecule has 3 atom stereocenters. The number of hydrogen-bond acceptors (Lipinski definition) is 3. The van der Waals surface area contributed by atoms with Gasteiger partial charge in [-0.1, -0.05) is 0 Å². The molecule has 0 radical (unpaired) electrons. The molecule has 2 fully saturated rings. The second-order valence-corrected chi connectivity index (χ2v) is 7.71. The van der Waals surface area contributed by atoms with Gasteiger partial charge in [0, 0.05) is 30.7 Å². The monoisotopic (exact) mass is 373 g/mol. The zero-order valence-electron chi connectivity index (χ0n) is 14.9. The third-order valence-electron chi connectivity index (χ3n) is 6.05. The maximum Gasteiger partial charge on any atom is 0.272 e. The fourth-order valence-corrected chi connectivity index (χ4v) is 4.83. The van der Waals surface area contributed by atoms with Crippen LogP contribution in [0.3, 0.4) is 0 Å². The fraction of sp³-hybridized carbons (Fsp3) is 0.500. The molecule has 2 bridgehead atoms. The molecule has 1 saturated carbocycles. The lowest BCUT2D eigenvalue weighted by Crippen LogP contribution is -2.32. The van der Waals surface area contributed by atoms with Gasteiger partial charge in [0.05, 0.1) is 11.8 Å². The van der Waals surface area contributed by atoms with Gasteiger partial charge in [-0.05, 0) is 50.2 Å². The van der Waals surface area contributed by atoms with Gasteiger partial charge in [0.2, 0.25) is 0 Å². The molecule has 5 rings (SSSR count). The van der Waals surface area contributed by atoms with Crippen molar-refractivity contribution in [2.24, 2.45) is 0 Å². The number of hydrogen-bond donors (Lipinski definition) is 1. The van der Waals surface area contributed by atoms with Gasteiger partial charge >= 0.3 is 0 Å². The Morgan fingerprint density at radius 3 is 2.89 bits per heavy atom. The van der Waals surface area contributed by atoms with Crippen LogP contribution in [0, 0.1) is 11.6 Å². The first-order chi connectivity index (χ1) is 13.1. The van der Waals surface area contributed by atoms with Gasteiger partial charge in [0.15, 0.2) is 11.5 Å². The minimum atomic E-state index is -0.672. The number of benzene rings is 1. The van der Waals surface area contributed by atoms with Crippen LogP contribution in [-0.4, -0.2) is 34.9 Å². The summed E-state index contributed by atoms with van der Waals surface area (Å²) in [5, 5.41) is 7.41. The molecular formula is C20H21F2N3O2. The van der Waals surface area contributed by atoms with Crippen molar-refractivity contribution in [3.05, 3.63) is 46.8 Å². The molecule has 2 aliphatic carbocycles. The van der Waals surface area contributed by atoms with Crippen LogP contribution >= 0.6 is 0 Å². The number of nitrogens with one attached hydrogen (secondary N) is 1. The van der Waals surface area contributed by atoms with Gasteiger partial charge in [0.25, 0.3) is 5.91 Å². The van der Waals surface area contributed by atoms with Gasteiger partial charge in [-0.15, -0.1) is 0 Å². The summed E-state index contributed by atoms with van der Waals surface area (Å²) >= 11 is 0. The van der Waals surface area contributed by atoms with Crippen LogP contribution in [-0.2, 0) is 4.74 Å². The van der Waals surface area contributed by atoms with Crippen LogP contribution in [0.4, 0.5) is 8.78 Å². The van der Waals surface area contributed by atoms with E-state index in [9.17, 15) is 13.6 Å². The zero-order chi connectivity index (χ0) is 18.5. The number of halogens is 2. The molecule has 2 aromatic rings. The van der Waals surface area contributed by atoms with Crippen molar-refractivity contribution < 1.29 is 18.3 Å². The Balaban J connectivity index is 1.51. The predicted molar refractivity (Wildman–Crippen MR) is 94.1 cm³/mol. The van der Waals surface area contributed by atoms with Gasteiger partial charge in [-0.2, -0.15) is 5.10 Å². The number of nitrogens with zero attached hydrogens (tertiary/aromatic N) is 2. The van der Waals surface area contributed by atoms with Crippen LogP contribution in [0.5, 0.6) is 0 Å². The van der Waals surface area contributed by atoms with E-state index in [-0.39, 0.29) is 23.6 Å². The Kier molecular flexibility index (Phi) is 4.00. The number of fused-ring (bicyclic) bond motifs is 5. The molecule has 3 aliphatic rings. The average molecular weight is 373 g/mol. The zero-order valence-corrected chi connectivity index (χ0v) is 14.9. The Morgan fingerprint density at radius 2 is 2.11 bits per heavy atom. The smallest absolute Gasteiger partial charge is 0.272 e. The molecule has 1 saturated heterocycles. The van der Waals surface area contributed by atoms with E-state index in [1.165, 1.54) is 16.8 Å². The van der Waals surface area contributed by atoms with E-state index in [2.05, 4.69) is 10.4 Å². The van der Waals surface area contributed by atoms with Gasteiger partial charge < -0.3 is 10.1 Å². The van der Waals surface area contributed by atoms with Crippen molar-refractivity contribution in [1.29, 1.82) is 0 Å². The summed E-state index contributed by atoms with van der Waals surface area (Å²) in [6.07, 6.45) is 5.03. The number of rotatable bonds is 4. The van der Waals surface area contributed by atoms with E-state index in [4.69, 9.17) is 4.74 Å². The summed E-state index contributed by atoms with van der Waals surface area (Å²) in [5.41, 5.74) is 2.43. The lowest BCUT2D eigenvalue weighted by atomic mass is 9.95. The minimum Gasteiger partial charge on any atom is -0.376 e. The maximum atomic E-state index is 14.4. The standard InChI is InChI=1S/C20H21F2N3O2/c21-13-5-6-16(15(22)9-13)25-19-12-4-3-11(8-12)17(19)18(24-25)20(26)23-10-14-2-1-7-27-14/h5-6,9,11-12,14H,1-4,7-8,10H2,(H,23,26). The van der Waals surface area contributed by atoms with Crippen LogP contribution < -0.4 is 5.32 Å². The lowest BCUT2D eigenvalue weighted by molar-refractivity contribution is 0.0852. The molecule has 3 unspecified atom stereocenters. The third-order valence-corrected chi connectivity index (χ3v) is 6.05. The number of carbonyl (C=O) groups is 1. The van der Waals surface area contributed by atoms with Gasteiger partial charge in [-0.3, -0.25) is 4.79 Å². The molecule has 7 heteroatoms. The van der Waals surface area contributed by atoms with E-state index < -0.39 is 11.6 Å². The minimum absolute atomic E-state index is 0.0510. The molecule has 27 heavy (non-hydrogen) atoms. The highest BCUT2D eigenvalue weighted by Gasteiger charge is 2.44. The summed E-state index contributed by atoms with van der Waals surface area (Å²) < 4.78 is 34.8. The highest BCUT2D eigenvalue weighted by atomic mass is 19.1. The third kappa shape index (κ3) is 2.76. The number of amides is 1. The summed E-state index contributed by atoms with van der Waals surface area (Å²) in [6.45, 7) is 1.19. The Labute approximate surface area is 155 Å². The van der Waals surface area contributed by atoms with E-state index in [1.54, 1.807) is 0 Å². The first kappa shape index (κ1) is 16.9. The van der Waals surface area contributed by atoms with Crippen molar-refractivity contribution >= 4 is 5.91 Å². The van der Waals surface area contributed by atoms with E-state index in [0.717, 1.165) is 56.0 Å². The Hall–Kier alpha value is -2.28. The Morgan fingerprint density at radius 1 is 1.26 bits per heavy atom. The van der Waals surface area contributed by atoms with Crippen molar-refractivity contribution in [3.8, 4) is 5.69 Å². The predicted octanol–water partition coefficient (Wildman–Crippen LogP) is 3.42. The van der Waals surface area contributed by atoms with E-state index in [1.807, 2.05) is 0 Å². The van der Waals surface area contributed by atoms with Crippen LogP contribution in [0.1, 0.15) is 65.7 Å². The molecule has 1 aromatic heterocycles. The van der Waals surface area contributed by atoms with Crippen LogP contribution in [0.25, 0.3) is 5.69 Å². The number of carbonyl (C=O) groups excluding carboxylic acids is 1. The summed E-state index contributed by atoms with van der Waals surface area (Å²) in [5.74, 6) is -0.964. The maximum absolute atomic E-state index is 14.4. The normalized spacial score (nSPS) is 25.8. The first-order valence-corrected chi connectivity index (χ1v) is 9.60. The molecule has 1 aliphatic heterocycles. The second-order valence-electron chi connectivity index (χ2n) is 7.71. The molecule has 1 aromatic carbocycles. The number of ether oxygens (including phenoxy) is 1. The molecule has 142 valence electrons. The van der Waals surface area contributed by atoms with Crippen LogP contribution in [0.2, 0.25) is 0 Å². The Bertz CT molecular complexity index is 905. The van der Waals surface area contributed by atoms with E-state index >= 15 is 0 Å². The first-order valence-electron chi connectivity index (χ1n) is 9.60. The molecule has 0 spiro atoms. The van der Waals surface area contributed by atoms with E-state index in [0.29, 0.717) is 18.2 Å². The molecule has 2 heterocycles.